The SMILES string of the molecule is CCOc1ccc(S(=O)(=O)NCCC(=O)N(C)Cc2ccc(Cl)s2)cc1. The van der Waals surface area contributed by atoms with Crippen LogP contribution in [-0.4, -0.2) is 39.4 Å². The van der Waals surface area contributed by atoms with Crippen LogP contribution in [0.25, 0.3) is 0 Å². The molecule has 0 spiro atoms. The first-order valence-electron chi connectivity index (χ1n) is 8.02. The number of halogens is 1. The average molecular weight is 417 g/mol. The van der Waals surface area contributed by atoms with Gasteiger partial charge in [0.1, 0.15) is 5.75 Å². The van der Waals surface area contributed by atoms with Crippen molar-refractivity contribution in [1.82, 2.24) is 9.62 Å². The van der Waals surface area contributed by atoms with Crippen molar-refractivity contribution in [3.05, 3.63) is 45.6 Å². The van der Waals surface area contributed by atoms with Gasteiger partial charge < -0.3 is 9.64 Å². The molecular weight excluding hydrogens is 396 g/mol. The topological polar surface area (TPSA) is 75.7 Å². The van der Waals surface area contributed by atoms with Crippen molar-refractivity contribution in [2.75, 3.05) is 20.2 Å². The van der Waals surface area contributed by atoms with Gasteiger partial charge >= 0.3 is 0 Å². The van der Waals surface area contributed by atoms with Crippen molar-refractivity contribution in [3.63, 3.8) is 0 Å². The molecule has 9 heteroatoms. The van der Waals surface area contributed by atoms with Crippen LogP contribution in [0.15, 0.2) is 41.3 Å². The molecule has 1 heterocycles. The third kappa shape index (κ3) is 5.98. The van der Waals surface area contributed by atoms with Crippen LogP contribution in [0.4, 0.5) is 0 Å². The van der Waals surface area contributed by atoms with E-state index in [9.17, 15) is 13.2 Å². The molecule has 6 nitrogen and oxygen atoms in total. The summed E-state index contributed by atoms with van der Waals surface area (Å²) in [5.74, 6) is 0.459. The lowest BCUT2D eigenvalue weighted by atomic mass is 10.3. The number of amides is 1. The Morgan fingerprint density at radius 3 is 2.50 bits per heavy atom. The smallest absolute Gasteiger partial charge is 0.240 e. The molecule has 142 valence electrons. The first kappa shape index (κ1) is 20.7. The maximum Gasteiger partial charge on any atom is 0.240 e. The molecule has 1 amide bonds. The summed E-state index contributed by atoms with van der Waals surface area (Å²) in [6.07, 6.45) is 0.0753. The average Bonchev–Trinajstić information content (AvgIpc) is 3.00. The van der Waals surface area contributed by atoms with Gasteiger partial charge in [-0.3, -0.25) is 4.79 Å². The van der Waals surface area contributed by atoms with Crippen LogP contribution >= 0.6 is 22.9 Å². The predicted molar refractivity (Wildman–Crippen MR) is 103 cm³/mol. The minimum atomic E-state index is -3.66. The van der Waals surface area contributed by atoms with Crippen molar-refractivity contribution in [1.29, 1.82) is 0 Å². The van der Waals surface area contributed by atoms with E-state index in [4.69, 9.17) is 16.3 Å². The highest BCUT2D eigenvalue weighted by Crippen LogP contribution is 2.22. The molecule has 0 aliphatic heterocycles. The number of hydrogen-bond donors (Lipinski definition) is 1. The zero-order chi connectivity index (χ0) is 19.2. The van der Waals surface area contributed by atoms with Gasteiger partial charge in [0.25, 0.3) is 0 Å². The van der Waals surface area contributed by atoms with Crippen molar-refractivity contribution < 1.29 is 17.9 Å². The molecule has 0 atom stereocenters. The molecule has 0 unspecified atom stereocenters. The Hall–Kier alpha value is -1.61. The zero-order valence-corrected chi connectivity index (χ0v) is 17.0. The molecule has 0 radical (unpaired) electrons. The van der Waals surface area contributed by atoms with Gasteiger partial charge in [0, 0.05) is 24.9 Å². The van der Waals surface area contributed by atoms with Gasteiger partial charge in [-0.25, -0.2) is 13.1 Å². The van der Waals surface area contributed by atoms with Gasteiger partial charge in [0.05, 0.1) is 22.4 Å². The molecule has 0 saturated carbocycles. The van der Waals surface area contributed by atoms with E-state index in [0.717, 1.165) is 4.88 Å². The highest BCUT2D eigenvalue weighted by Gasteiger charge is 2.16. The van der Waals surface area contributed by atoms with E-state index < -0.39 is 10.0 Å². The number of ether oxygens (including phenoxy) is 1. The van der Waals surface area contributed by atoms with E-state index >= 15 is 0 Å². The maximum absolute atomic E-state index is 12.3. The monoisotopic (exact) mass is 416 g/mol. The fourth-order valence-electron chi connectivity index (χ4n) is 2.21. The number of thiophene rings is 1. The van der Waals surface area contributed by atoms with E-state index in [-0.39, 0.29) is 23.8 Å². The summed E-state index contributed by atoms with van der Waals surface area (Å²) >= 11 is 7.29. The molecule has 0 saturated heterocycles. The van der Waals surface area contributed by atoms with Gasteiger partial charge in [-0.2, -0.15) is 0 Å². The number of carbonyl (C=O) groups is 1. The second-order valence-corrected chi connectivity index (χ2v) is 9.07. The third-order valence-electron chi connectivity index (χ3n) is 3.52. The first-order valence-corrected chi connectivity index (χ1v) is 10.7. The Morgan fingerprint density at radius 1 is 1.23 bits per heavy atom. The summed E-state index contributed by atoms with van der Waals surface area (Å²) < 4.78 is 32.9. The van der Waals surface area contributed by atoms with Crippen LogP contribution in [0.2, 0.25) is 4.34 Å². The first-order chi connectivity index (χ1) is 12.3. The number of rotatable bonds is 9. The molecule has 1 aromatic carbocycles. The number of carbonyl (C=O) groups excluding carboxylic acids is 1. The highest BCUT2D eigenvalue weighted by atomic mass is 35.5. The quantitative estimate of drug-likeness (QED) is 0.681. The lowest BCUT2D eigenvalue weighted by Crippen LogP contribution is -2.31. The van der Waals surface area contributed by atoms with Gasteiger partial charge in [-0.15, -0.1) is 11.3 Å². The Balaban J connectivity index is 1.84. The molecule has 0 aliphatic rings. The molecule has 1 aromatic heterocycles. The van der Waals surface area contributed by atoms with E-state index in [1.54, 1.807) is 30.1 Å². The van der Waals surface area contributed by atoms with Gasteiger partial charge in [0.2, 0.25) is 15.9 Å². The molecular formula is C17H21ClN2O4S2. The van der Waals surface area contributed by atoms with Gasteiger partial charge in [-0.05, 0) is 43.3 Å². The number of sulfonamides is 1. The molecule has 1 N–H and O–H groups in total. The molecule has 2 aromatic rings. The van der Waals surface area contributed by atoms with Crippen LogP contribution in [0, 0.1) is 0 Å². The lowest BCUT2D eigenvalue weighted by Gasteiger charge is -2.16. The summed E-state index contributed by atoms with van der Waals surface area (Å²) in [7, 11) is -1.98. The summed E-state index contributed by atoms with van der Waals surface area (Å²) in [4.78, 5) is 14.8. The Kier molecular flexibility index (Phi) is 7.45. The predicted octanol–water partition coefficient (Wildman–Crippen LogP) is 3.13. The van der Waals surface area contributed by atoms with Gasteiger partial charge in [-0.1, -0.05) is 11.6 Å². The van der Waals surface area contributed by atoms with E-state index in [0.29, 0.717) is 23.2 Å². The van der Waals surface area contributed by atoms with Crippen LogP contribution < -0.4 is 9.46 Å². The summed E-state index contributed by atoms with van der Waals surface area (Å²) in [6.45, 7) is 2.84. The van der Waals surface area contributed by atoms with Gasteiger partial charge in [0.15, 0.2) is 0 Å². The van der Waals surface area contributed by atoms with Crippen LogP contribution in [0.1, 0.15) is 18.2 Å². The minimum absolute atomic E-state index is 0.0317. The van der Waals surface area contributed by atoms with E-state index in [1.165, 1.54) is 23.5 Å². The Labute approximate surface area is 162 Å². The Morgan fingerprint density at radius 2 is 1.92 bits per heavy atom. The van der Waals surface area contributed by atoms with Crippen molar-refractivity contribution in [2.45, 2.75) is 24.8 Å². The van der Waals surface area contributed by atoms with Crippen molar-refractivity contribution in [2.24, 2.45) is 0 Å². The second kappa shape index (κ2) is 9.36. The second-order valence-electron chi connectivity index (χ2n) is 5.51. The summed E-state index contributed by atoms with van der Waals surface area (Å²) in [6, 6.07) is 9.80. The molecule has 0 fully saturated rings. The van der Waals surface area contributed by atoms with Crippen LogP contribution in [-0.2, 0) is 21.4 Å². The third-order valence-corrected chi connectivity index (χ3v) is 6.22. The summed E-state index contributed by atoms with van der Waals surface area (Å²) in [5, 5.41) is 0. The maximum atomic E-state index is 12.3. The zero-order valence-electron chi connectivity index (χ0n) is 14.6. The fourth-order valence-corrected chi connectivity index (χ4v) is 4.38. The highest BCUT2D eigenvalue weighted by molar-refractivity contribution is 7.89. The number of hydrogen-bond acceptors (Lipinski definition) is 5. The molecule has 2 rings (SSSR count). The number of nitrogens with one attached hydrogen (secondary N) is 1. The number of nitrogens with zero attached hydrogens (tertiary/aromatic N) is 1. The fraction of sp³-hybridized carbons (Fsp3) is 0.353. The van der Waals surface area contributed by atoms with Crippen LogP contribution in [0.3, 0.4) is 0 Å². The summed E-state index contributed by atoms with van der Waals surface area (Å²) in [5.41, 5.74) is 0. The Bertz CT molecular complexity index is 835. The molecule has 0 aliphatic carbocycles. The standard InChI is InChI=1S/C17H21ClN2O4S2/c1-3-24-13-4-7-15(8-5-13)26(22,23)19-11-10-17(21)20(2)12-14-6-9-16(18)25-14/h4-9,19H,3,10-12H2,1-2H3. The lowest BCUT2D eigenvalue weighted by molar-refractivity contribution is -0.130. The van der Waals surface area contributed by atoms with Crippen molar-refractivity contribution >= 4 is 38.9 Å². The van der Waals surface area contributed by atoms with E-state index in [2.05, 4.69) is 4.72 Å². The minimum Gasteiger partial charge on any atom is -0.494 e. The largest absolute Gasteiger partial charge is 0.494 e. The van der Waals surface area contributed by atoms with Crippen LogP contribution in [0.5, 0.6) is 5.75 Å². The molecule has 0 bridgehead atoms. The van der Waals surface area contributed by atoms with Crippen molar-refractivity contribution in [3.8, 4) is 5.75 Å². The van der Waals surface area contributed by atoms with E-state index in [1.807, 2.05) is 13.0 Å². The number of benzene rings is 1. The normalized spacial score (nSPS) is 11.3. The molecule has 26 heavy (non-hydrogen) atoms.